The van der Waals surface area contributed by atoms with E-state index < -0.39 is 17.7 Å². The third kappa shape index (κ3) is 3.68. The molecule has 3 heterocycles. The molecule has 0 saturated carbocycles. The first-order chi connectivity index (χ1) is 13.5. The largest absolute Gasteiger partial charge is 0.339 e. The molecule has 4 rings (SSSR count). The van der Waals surface area contributed by atoms with Gasteiger partial charge in [-0.2, -0.15) is 4.98 Å². The molecule has 0 aliphatic carbocycles. The van der Waals surface area contributed by atoms with Crippen LogP contribution >= 0.6 is 0 Å². The van der Waals surface area contributed by atoms with Gasteiger partial charge in [-0.05, 0) is 30.2 Å². The van der Waals surface area contributed by atoms with Gasteiger partial charge in [-0.3, -0.25) is 4.98 Å². The Labute approximate surface area is 159 Å². The summed E-state index contributed by atoms with van der Waals surface area (Å²) in [6.07, 6.45) is 3.29. The maximum Gasteiger partial charge on any atom is 0.321 e. The van der Waals surface area contributed by atoms with Gasteiger partial charge in [0.1, 0.15) is 11.6 Å². The average Bonchev–Trinajstić information content (AvgIpc) is 3.28. The number of pyridine rings is 1. The number of benzene rings is 1. The van der Waals surface area contributed by atoms with Crippen LogP contribution in [0.1, 0.15) is 18.7 Å². The van der Waals surface area contributed by atoms with Crippen LogP contribution in [0.15, 0.2) is 47.2 Å². The topological polar surface area (TPSA) is 84.2 Å². The van der Waals surface area contributed by atoms with Gasteiger partial charge in [-0.25, -0.2) is 13.6 Å². The molecule has 1 fully saturated rings. The first-order valence-corrected chi connectivity index (χ1v) is 8.75. The van der Waals surface area contributed by atoms with Gasteiger partial charge in [0, 0.05) is 42.8 Å². The summed E-state index contributed by atoms with van der Waals surface area (Å²) < 4.78 is 32.0. The van der Waals surface area contributed by atoms with Crippen LogP contribution in [0.4, 0.5) is 19.3 Å². The molecule has 1 aliphatic heterocycles. The van der Waals surface area contributed by atoms with Gasteiger partial charge in [-0.15, -0.1) is 0 Å². The predicted molar refractivity (Wildman–Crippen MR) is 96.4 cm³/mol. The van der Waals surface area contributed by atoms with Gasteiger partial charge in [0.15, 0.2) is 0 Å². The number of hydrogen-bond donors (Lipinski definition) is 1. The fraction of sp³-hybridized carbons (Fsp3) is 0.263. The van der Waals surface area contributed by atoms with E-state index in [4.69, 9.17) is 4.52 Å². The minimum Gasteiger partial charge on any atom is -0.339 e. The van der Waals surface area contributed by atoms with E-state index in [1.54, 1.807) is 29.4 Å². The number of nitrogens with one attached hydrogen (secondary N) is 1. The number of amides is 2. The Morgan fingerprint density at radius 2 is 1.89 bits per heavy atom. The second-order valence-corrected chi connectivity index (χ2v) is 6.77. The van der Waals surface area contributed by atoms with Crippen LogP contribution in [0.25, 0.3) is 11.4 Å². The van der Waals surface area contributed by atoms with Crippen molar-refractivity contribution in [2.75, 3.05) is 18.4 Å². The van der Waals surface area contributed by atoms with Gasteiger partial charge < -0.3 is 14.7 Å². The Morgan fingerprint density at radius 3 is 2.61 bits per heavy atom. The standard InChI is InChI=1S/C19H17F2N5O2/c1-11-9-26(19(27)23-15-7-13(20)6-14(21)8-15)10-16(11)18-24-17(25-28-18)12-2-4-22-5-3-12/h2-8,11,16H,9-10H2,1H3,(H,23,27). The van der Waals surface area contributed by atoms with Crippen molar-refractivity contribution in [1.29, 1.82) is 0 Å². The predicted octanol–water partition coefficient (Wildman–Crippen LogP) is 3.68. The zero-order chi connectivity index (χ0) is 19.7. The summed E-state index contributed by atoms with van der Waals surface area (Å²) in [4.78, 5) is 22.5. The summed E-state index contributed by atoms with van der Waals surface area (Å²) in [7, 11) is 0. The van der Waals surface area contributed by atoms with E-state index in [0.717, 1.165) is 23.8 Å². The fourth-order valence-corrected chi connectivity index (χ4v) is 3.29. The summed E-state index contributed by atoms with van der Waals surface area (Å²) in [6.45, 7) is 2.81. The smallest absolute Gasteiger partial charge is 0.321 e. The first kappa shape index (κ1) is 18.0. The lowest BCUT2D eigenvalue weighted by molar-refractivity contribution is 0.220. The molecule has 1 N–H and O–H groups in total. The van der Waals surface area contributed by atoms with E-state index in [0.29, 0.717) is 24.8 Å². The van der Waals surface area contributed by atoms with Gasteiger partial charge >= 0.3 is 6.03 Å². The molecule has 2 atom stereocenters. The Morgan fingerprint density at radius 1 is 1.18 bits per heavy atom. The molecule has 2 unspecified atom stereocenters. The number of urea groups is 1. The van der Waals surface area contributed by atoms with E-state index >= 15 is 0 Å². The van der Waals surface area contributed by atoms with Crippen molar-refractivity contribution in [1.82, 2.24) is 20.0 Å². The monoisotopic (exact) mass is 385 g/mol. The number of anilines is 1. The molecular formula is C19H17F2N5O2. The molecular weight excluding hydrogens is 368 g/mol. The third-order valence-electron chi connectivity index (χ3n) is 4.71. The number of rotatable bonds is 3. The normalized spacial score (nSPS) is 19.0. The van der Waals surface area contributed by atoms with E-state index in [2.05, 4.69) is 20.4 Å². The number of nitrogens with zero attached hydrogens (tertiary/aromatic N) is 4. The quantitative estimate of drug-likeness (QED) is 0.744. The molecule has 7 nitrogen and oxygen atoms in total. The second kappa shape index (κ2) is 7.34. The lowest BCUT2D eigenvalue weighted by Gasteiger charge is -2.17. The molecule has 1 aliphatic rings. The number of carbonyl (C=O) groups excluding carboxylic acids is 1. The van der Waals surface area contributed by atoms with Gasteiger partial charge in [0.25, 0.3) is 0 Å². The first-order valence-electron chi connectivity index (χ1n) is 8.75. The average molecular weight is 385 g/mol. The molecule has 28 heavy (non-hydrogen) atoms. The summed E-state index contributed by atoms with van der Waals surface area (Å²) in [6, 6.07) is 6.01. The van der Waals surface area contributed by atoms with Crippen molar-refractivity contribution in [2.45, 2.75) is 12.8 Å². The van der Waals surface area contributed by atoms with Crippen LogP contribution in [0.5, 0.6) is 0 Å². The minimum absolute atomic E-state index is 0.0661. The number of halogens is 2. The lowest BCUT2D eigenvalue weighted by atomic mass is 9.98. The van der Waals surface area contributed by atoms with Crippen LogP contribution < -0.4 is 5.32 Å². The van der Waals surface area contributed by atoms with Crippen LogP contribution in [0, 0.1) is 17.6 Å². The maximum absolute atomic E-state index is 13.3. The van der Waals surface area contributed by atoms with Crippen LogP contribution in [-0.4, -0.2) is 39.1 Å². The molecule has 1 saturated heterocycles. The highest BCUT2D eigenvalue weighted by Crippen LogP contribution is 2.32. The number of hydrogen-bond acceptors (Lipinski definition) is 5. The molecule has 9 heteroatoms. The van der Waals surface area contributed by atoms with E-state index in [9.17, 15) is 13.6 Å². The molecule has 2 aromatic heterocycles. The lowest BCUT2D eigenvalue weighted by Crippen LogP contribution is -2.33. The molecule has 0 spiro atoms. The Hall–Kier alpha value is -3.36. The molecule has 2 amide bonds. The van der Waals surface area contributed by atoms with Gasteiger partial charge in [-0.1, -0.05) is 12.1 Å². The Bertz CT molecular complexity index is 975. The third-order valence-corrected chi connectivity index (χ3v) is 4.71. The Kier molecular flexibility index (Phi) is 4.72. The molecule has 1 aromatic carbocycles. The number of aromatic nitrogens is 3. The van der Waals surface area contributed by atoms with E-state index in [-0.39, 0.29) is 17.5 Å². The highest BCUT2D eigenvalue weighted by atomic mass is 19.1. The van der Waals surface area contributed by atoms with Gasteiger partial charge in [0.2, 0.25) is 11.7 Å². The number of likely N-dealkylation sites (tertiary alicyclic amines) is 1. The minimum atomic E-state index is -0.752. The van der Waals surface area contributed by atoms with Crippen LogP contribution in [-0.2, 0) is 0 Å². The second-order valence-electron chi connectivity index (χ2n) is 6.77. The van der Waals surface area contributed by atoms with E-state index in [1.807, 2.05) is 6.92 Å². The van der Waals surface area contributed by atoms with Crippen LogP contribution in [0.2, 0.25) is 0 Å². The molecule has 0 radical (unpaired) electrons. The summed E-state index contributed by atoms with van der Waals surface area (Å²) in [5.74, 6) is -0.636. The van der Waals surface area contributed by atoms with Crippen molar-refractivity contribution in [3.63, 3.8) is 0 Å². The zero-order valence-corrected chi connectivity index (χ0v) is 15.0. The van der Waals surface area contributed by atoms with Crippen molar-refractivity contribution < 1.29 is 18.1 Å². The number of carbonyl (C=O) groups is 1. The summed E-state index contributed by atoms with van der Waals surface area (Å²) in [5, 5.41) is 6.53. The highest BCUT2D eigenvalue weighted by molar-refractivity contribution is 5.89. The molecule has 3 aromatic rings. The summed E-state index contributed by atoms with van der Waals surface area (Å²) in [5.41, 5.74) is 0.856. The fourth-order valence-electron chi connectivity index (χ4n) is 3.29. The molecule has 0 bridgehead atoms. The zero-order valence-electron chi connectivity index (χ0n) is 15.0. The SMILES string of the molecule is CC1CN(C(=O)Nc2cc(F)cc(F)c2)CC1c1nc(-c2ccncc2)no1. The van der Waals surface area contributed by atoms with Crippen molar-refractivity contribution in [3.05, 3.63) is 60.3 Å². The highest BCUT2D eigenvalue weighted by Gasteiger charge is 2.37. The van der Waals surface area contributed by atoms with Crippen molar-refractivity contribution in [2.24, 2.45) is 5.92 Å². The van der Waals surface area contributed by atoms with Gasteiger partial charge in [0.05, 0.1) is 5.92 Å². The summed E-state index contributed by atoms with van der Waals surface area (Å²) >= 11 is 0. The molecule has 144 valence electrons. The Balaban J connectivity index is 1.46. The van der Waals surface area contributed by atoms with Crippen LogP contribution in [0.3, 0.4) is 0 Å². The van der Waals surface area contributed by atoms with E-state index in [1.165, 1.54) is 0 Å². The van der Waals surface area contributed by atoms with Crippen molar-refractivity contribution >= 4 is 11.7 Å². The van der Waals surface area contributed by atoms with Crippen molar-refractivity contribution in [3.8, 4) is 11.4 Å². The maximum atomic E-state index is 13.3.